The molecular formula is C13H9BrClN3O3. The van der Waals surface area contributed by atoms with Crippen LogP contribution in [0.1, 0.15) is 15.9 Å². The molecule has 1 aromatic heterocycles. The van der Waals surface area contributed by atoms with Crippen molar-refractivity contribution in [1.82, 2.24) is 4.98 Å². The van der Waals surface area contributed by atoms with Gasteiger partial charge in [0.15, 0.2) is 0 Å². The van der Waals surface area contributed by atoms with Crippen LogP contribution < -0.4 is 5.32 Å². The van der Waals surface area contributed by atoms with Crippen LogP contribution in [-0.2, 0) is 0 Å². The zero-order valence-corrected chi connectivity index (χ0v) is 13.1. The largest absolute Gasteiger partial charge is 0.321 e. The predicted molar refractivity (Wildman–Crippen MR) is 82.7 cm³/mol. The summed E-state index contributed by atoms with van der Waals surface area (Å²) in [5.74, 6) is -0.460. The van der Waals surface area contributed by atoms with Crippen molar-refractivity contribution in [2.45, 2.75) is 6.92 Å². The van der Waals surface area contributed by atoms with Crippen LogP contribution >= 0.6 is 27.5 Å². The fraction of sp³-hybridized carbons (Fsp3) is 0.0769. The predicted octanol–water partition coefficient (Wildman–Crippen LogP) is 3.97. The minimum absolute atomic E-state index is 0.0171. The molecule has 1 heterocycles. The fourth-order valence-corrected chi connectivity index (χ4v) is 2.10. The molecule has 2 rings (SSSR count). The monoisotopic (exact) mass is 369 g/mol. The van der Waals surface area contributed by atoms with Crippen molar-refractivity contribution in [2.75, 3.05) is 5.32 Å². The number of aryl methyl sites for hydroxylation is 1. The van der Waals surface area contributed by atoms with E-state index in [0.717, 1.165) is 11.6 Å². The Morgan fingerprint density at radius 2 is 2.14 bits per heavy atom. The van der Waals surface area contributed by atoms with Crippen molar-refractivity contribution in [3.63, 3.8) is 0 Å². The lowest BCUT2D eigenvalue weighted by molar-refractivity contribution is -0.384. The maximum atomic E-state index is 12.1. The first-order chi connectivity index (χ1) is 9.88. The fourth-order valence-electron chi connectivity index (χ4n) is 1.63. The average molecular weight is 371 g/mol. The van der Waals surface area contributed by atoms with Crippen molar-refractivity contribution in [1.29, 1.82) is 0 Å². The number of hydrogen-bond acceptors (Lipinski definition) is 4. The summed E-state index contributed by atoms with van der Waals surface area (Å²) in [5.41, 5.74) is 1.36. The first-order valence-electron chi connectivity index (χ1n) is 5.76. The van der Waals surface area contributed by atoms with Crippen LogP contribution in [0.5, 0.6) is 0 Å². The van der Waals surface area contributed by atoms with Gasteiger partial charge in [0.25, 0.3) is 11.6 Å². The van der Waals surface area contributed by atoms with Crippen molar-refractivity contribution < 1.29 is 9.72 Å². The third-order valence-electron chi connectivity index (χ3n) is 2.68. The SMILES string of the molecule is Cc1cc(NC(=O)c2ccc([N+](=O)[O-])cc2Cl)cnc1Br. The molecule has 0 aliphatic carbocycles. The number of pyridine rings is 1. The molecule has 6 nitrogen and oxygen atoms in total. The van der Waals surface area contributed by atoms with E-state index in [1.165, 1.54) is 18.3 Å². The average Bonchev–Trinajstić information content (AvgIpc) is 2.42. The summed E-state index contributed by atoms with van der Waals surface area (Å²) < 4.78 is 0.689. The van der Waals surface area contributed by atoms with Crippen LogP contribution in [0.3, 0.4) is 0 Å². The van der Waals surface area contributed by atoms with Crippen molar-refractivity contribution in [3.05, 3.63) is 61.3 Å². The van der Waals surface area contributed by atoms with E-state index in [0.29, 0.717) is 10.3 Å². The molecule has 0 aliphatic rings. The lowest BCUT2D eigenvalue weighted by Crippen LogP contribution is -2.13. The summed E-state index contributed by atoms with van der Waals surface area (Å²) in [6.07, 6.45) is 1.49. The number of hydrogen-bond donors (Lipinski definition) is 1. The molecule has 0 bridgehead atoms. The van der Waals surface area contributed by atoms with Crippen LogP contribution in [0.25, 0.3) is 0 Å². The molecule has 1 amide bonds. The minimum atomic E-state index is -0.574. The Hall–Kier alpha value is -1.99. The molecule has 1 aromatic carbocycles. The number of nitro groups is 1. The Balaban J connectivity index is 2.24. The van der Waals surface area contributed by atoms with Gasteiger partial charge in [-0.2, -0.15) is 0 Å². The zero-order valence-electron chi connectivity index (χ0n) is 10.8. The van der Waals surface area contributed by atoms with Gasteiger partial charge < -0.3 is 5.32 Å². The van der Waals surface area contributed by atoms with Crippen LogP contribution in [0.2, 0.25) is 5.02 Å². The van der Waals surface area contributed by atoms with E-state index >= 15 is 0 Å². The lowest BCUT2D eigenvalue weighted by Gasteiger charge is -2.07. The number of aromatic nitrogens is 1. The number of nitro benzene ring substituents is 1. The van der Waals surface area contributed by atoms with E-state index in [2.05, 4.69) is 26.2 Å². The molecule has 108 valence electrons. The Morgan fingerprint density at radius 3 is 2.71 bits per heavy atom. The molecule has 8 heteroatoms. The molecule has 1 N–H and O–H groups in total. The number of carbonyl (C=O) groups excluding carboxylic acids is 1. The van der Waals surface area contributed by atoms with Gasteiger partial charge in [0.2, 0.25) is 0 Å². The molecular weight excluding hydrogens is 362 g/mol. The highest BCUT2D eigenvalue weighted by atomic mass is 79.9. The second-order valence-corrected chi connectivity index (χ2v) is 5.37. The first kappa shape index (κ1) is 15.4. The smallest absolute Gasteiger partial charge is 0.270 e. The number of carbonyl (C=O) groups is 1. The van der Waals surface area contributed by atoms with Crippen LogP contribution in [0.4, 0.5) is 11.4 Å². The highest BCUT2D eigenvalue weighted by Crippen LogP contribution is 2.24. The van der Waals surface area contributed by atoms with Crippen molar-refractivity contribution in [3.8, 4) is 0 Å². The third kappa shape index (κ3) is 3.56. The summed E-state index contributed by atoms with van der Waals surface area (Å²) in [4.78, 5) is 26.2. The number of amides is 1. The molecule has 0 saturated carbocycles. The number of halogens is 2. The molecule has 0 radical (unpaired) electrons. The van der Waals surface area contributed by atoms with Crippen molar-refractivity contribution in [2.24, 2.45) is 0 Å². The van der Waals surface area contributed by atoms with Gasteiger partial charge in [0.1, 0.15) is 4.60 Å². The normalized spacial score (nSPS) is 10.2. The van der Waals surface area contributed by atoms with Gasteiger partial charge in [-0.05, 0) is 40.5 Å². The van der Waals surface area contributed by atoms with Gasteiger partial charge in [-0.25, -0.2) is 4.98 Å². The third-order valence-corrected chi connectivity index (χ3v) is 3.82. The summed E-state index contributed by atoms with van der Waals surface area (Å²) in [6, 6.07) is 5.43. The van der Waals surface area contributed by atoms with E-state index in [1.807, 2.05) is 6.92 Å². The van der Waals surface area contributed by atoms with Crippen LogP contribution in [0.15, 0.2) is 35.1 Å². The number of anilines is 1. The van der Waals surface area contributed by atoms with E-state index in [1.54, 1.807) is 6.07 Å². The van der Waals surface area contributed by atoms with Gasteiger partial charge in [0.05, 0.1) is 27.4 Å². The standard InChI is InChI=1S/C13H9BrClN3O3/c1-7-4-8(6-16-12(7)14)17-13(19)10-3-2-9(18(20)21)5-11(10)15/h2-6H,1H3,(H,17,19). The van der Waals surface area contributed by atoms with E-state index in [4.69, 9.17) is 11.6 Å². The molecule has 2 aromatic rings. The number of benzene rings is 1. The molecule has 21 heavy (non-hydrogen) atoms. The van der Waals surface area contributed by atoms with E-state index < -0.39 is 10.8 Å². The minimum Gasteiger partial charge on any atom is -0.321 e. The van der Waals surface area contributed by atoms with Crippen LogP contribution in [0, 0.1) is 17.0 Å². The van der Waals surface area contributed by atoms with E-state index in [-0.39, 0.29) is 16.3 Å². The quantitative estimate of drug-likeness (QED) is 0.503. The summed E-state index contributed by atoms with van der Waals surface area (Å²) in [5, 5.41) is 13.3. The Kier molecular flexibility index (Phi) is 4.54. The molecule has 0 aliphatic heterocycles. The number of nitrogens with zero attached hydrogens (tertiary/aromatic N) is 2. The molecule has 0 spiro atoms. The van der Waals surface area contributed by atoms with Gasteiger partial charge >= 0.3 is 0 Å². The molecule has 0 saturated heterocycles. The van der Waals surface area contributed by atoms with Gasteiger partial charge in [-0.15, -0.1) is 0 Å². The highest BCUT2D eigenvalue weighted by molar-refractivity contribution is 9.10. The van der Waals surface area contributed by atoms with Gasteiger partial charge in [-0.3, -0.25) is 14.9 Å². The van der Waals surface area contributed by atoms with Crippen LogP contribution in [-0.4, -0.2) is 15.8 Å². The second kappa shape index (κ2) is 6.19. The summed E-state index contributed by atoms with van der Waals surface area (Å²) in [7, 11) is 0. The maximum Gasteiger partial charge on any atom is 0.270 e. The highest BCUT2D eigenvalue weighted by Gasteiger charge is 2.15. The topological polar surface area (TPSA) is 85.1 Å². The summed E-state index contributed by atoms with van der Waals surface area (Å²) >= 11 is 9.17. The second-order valence-electron chi connectivity index (χ2n) is 4.21. The van der Waals surface area contributed by atoms with Gasteiger partial charge in [0, 0.05) is 12.1 Å². The Labute approximate surface area is 133 Å². The molecule has 0 atom stereocenters. The Morgan fingerprint density at radius 1 is 1.43 bits per heavy atom. The maximum absolute atomic E-state index is 12.1. The number of nitrogens with one attached hydrogen (secondary N) is 1. The number of rotatable bonds is 3. The lowest BCUT2D eigenvalue weighted by atomic mass is 10.2. The zero-order chi connectivity index (χ0) is 15.6. The summed E-state index contributed by atoms with van der Waals surface area (Å²) in [6.45, 7) is 1.84. The molecule has 0 unspecified atom stereocenters. The Bertz CT molecular complexity index is 737. The molecule has 0 fully saturated rings. The van der Waals surface area contributed by atoms with E-state index in [9.17, 15) is 14.9 Å². The van der Waals surface area contributed by atoms with Crippen molar-refractivity contribution >= 4 is 44.8 Å². The van der Waals surface area contributed by atoms with Gasteiger partial charge in [-0.1, -0.05) is 11.6 Å². The first-order valence-corrected chi connectivity index (χ1v) is 6.93. The number of non-ortho nitro benzene ring substituents is 1.